The monoisotopic (exact) mass is 330 g/mol. The molecule has 1 aliphatic rings. The van der Waals surface area contributed by atoms with E-state index in [4.69, 9.17) is 11.6 Å². The van der Waals surface area contributed by atoms with E-state index in [1.807, 2.05) is 31.3 Å². The Labute approximate surface area is 138 Å². The molecule has 0 aromatic heterocycles. The van der Waals surface area contributed by atoms with Gasteiger partial charge in [0.05, 0.1) is 5.41 Å². The summed E-state index contributed by atoms with van der Waals surface area (Å²) in [5.41, 5.74) is 0.670. The Balaban J connectivity index is 0.00000220. The fourth-order valence-electron chi connectivity index (χ4n) is 3.06. The molecular weight excluding hydrogens is 307 g/mol. The lowest BCUT2D eigenvalue weighted by Gasteiger charge is -2.36. The minimum atomic E-state index is -0.392. The van der Waals surface area contributed by atoms with Gasteiger partial charge in [-0.15, -0.1) is 12.4 Å². The maximum atomic E-state index is 12.7. The second-order valence-electron chi connectivity index (χ2n) is 5.51. The quantitative estimate of drug-likeness (QED) is 0.813. The molecule has 0 radical (unpaired) electrons. The molecule has 0 spiro atoms. The number of carbonyl (C=O) groups is 1. The van der Waals surface area contributed by atoms with Crippen molar-refractivity contribution >= 4 is 29.9 Å². The Bertz CT molecular complexity index is 459. The van der Waals surface area contributed by atoms with Crippen molar-refractivity contribution < 1.29 is 4.79 Å². The summed E-state index contributed by atoms with van der Waals surface area (Å²) in [4.78, 5) is 12.7. The highest BCUT2D eigenvalue weighted by molar-refractivity contribution is 6.30. The Morgan fingerprint density at radius 3 is 2.57 bits per heavy atom. The van der Waals surface area contributed by atoms with Crippen molar-refractivity contribution in [1.82, 2.24) is 10.6 Å². The van der Waals surface area contributed by atoms with Crippen LogP contribution in [0, 0.1) is 0 Å². The fourth-order valence-corrected chi connectivity index (χ4v) is 3.25. The van der Waals surface area contributed by atoms with Gasteiger partial charge in [0.1, 0.15) is 0 Å². The molecule has 2 N–H and O–H groups in total. The summed E-state index contributed by atoms with van der Waals surface area (Å²) in [7, 11) is 1.89. The maximum Gasteiger partial charge on any atom is 0.230 e. The summed E-state index contributed by atoms with van der Waals surface area (Å²) in [6.45, 7) is 1.45. The number of benzene rings is 1. The average molecular weight is 331 g/mol. The fraction of sp³-hybridized carbons (Fsp3) is 0.562. The summed E-state index contributed by atoms with van der Waals surface area (Å²) < 4.78 is 0. The molecule has 0 bridgehead atoms. The molecule has 0 unspecified atom stereocenters. The Kier molecular flexibility index (Phi) is 7.50. The van der Waals surface area contributed by atoms with Crippen LogP contribution in [0.15, 0.2) is 24.3 Å². The average Bonchev–Trinajstić information content (AvgIpc) is 2.48. The number of hydrogen-bond donors (Lipinski definition) is 2. The number of rotatable bonds is 5. The Morgan fingerprint density at radius 2 is 1.95 bits per heavy atom. The van der Waals surface area contributed by atoms with E-state index in [-0.39, 0.29) is 18.3 Å². The summed E-state index contributed by atoms with van der Waals surface area (Å²) in [5.74, 6) is 0.148. The summed E-state index contributed by atoms with van der Waals surface area (Å²) in [6.07, 6.45) is 5.25. The van der Waals surface area contributed by atoms with Crippen molar-refractivity contribution in [3.05, 3.63) is 34.9 Å². The largest absolute Gasteiger partial charge is 0.354 e. The Morgan fingerprint density at radius 1 is 1.24 bits per heavy atom. The molecule has 2 rings (SSSR count). The standard InChI is InChI=1S/C16H23ClN2O.ClH/c1-18-10-11-19-15(20)16(8-3-2-4-9-16)13-6-5-7-14(17)12-13;/h5-7,12,18H,2-4,8-11H2,1H3,(H,19,20);1H. The third-order valence-electron chi connectivity index (χ3n) is 4.18. The molecule has 118 valence electrons. The minimum Gasteiger partial charge on any atom is -0.354 e. The minimum absolute atomic E-state index is 0. The van der Waals surface area contributed by atoms with Gasteiger partial charge in [-0.1, -0.05) is 43.0 Å². The van der Waals surface area contributed by atoms with Crippen molar-refractivity contribution in [2.45, 2.75) is 37.5 Å². The van der Waals surface area contributed by atoms with E-state index in [9.17, 15) is 4.79 Å². The molecule has 0 saturated heterocycles. The molecular formula is C16H24Cl2N2O. The van der Waals surface area contributed by atoms with Crippen LogP contribution < -0.4 is 10.6 Å². The summed E-state index contributed by atoms with van der Waals surface area (Å²) >= 11 is 6.12. The highest BCUT2D eigenvalue weighted by Gasteiger charge is 2.40. The third kappa shape index (κ3) is 4.35. The van der Waals surface area contributed by atoms with Gasteiger partial charge in [-0.05, 0) is 37.6 Å². The van der Waals surface area contributed by atoms with Gasteiger partial charge in [0, 0.05) is 18.1 Å². The van der Waals surface area contributed by atoms with Crippen LogP contribution in [0.1, 0.15) is 37.7 Å². The van der Waals surface area contributed by atoms with Crippen LogP contribution >= 0.6 is 24.0 Å². The van der Waals surface area contributed by atoms with Gasteiger partial charge in [0.15, 0.2) is 0 Å². The molecule has 21 heavy (non-hydrogen) atoms. The highest BCUT2D eigenvalue weighted by Crippen LogP contribution is 2.40. The van der Waals surface area contributed by atoms with Gasteiger partial charge >= 0.3 is 0 Å². The van der Waals surface area contributed by atoms with Gasteiger partial charge < -0.3 is 10.6 Å². The van der Waals surface area contributed by atoms with Crippen LogP contribution in [0.2, 0.25) is 5.02 Å². The van der Waals surface area contributed by atoms with Crippen molar-refractivity contribution in [2.24, 2.45) is 0 Å². The van der Waals surface area contributed by atoms with E-state index in [0.717, 1.165) is 37.8 Å². The first-order valence-electron chi connectivity index (χ1n) is 7.38. The van der Waals surface area contributed by atoms with E-state index in [1.54, 1.807) is 0 Å². The van der Waals surface area contributed by atoms with E-state index in [0.29, 0.717) is 11.6 Å². The third-order valence-corrected chi connectivity index (χ3v) is 4.41. The van der Waals surface area contributed by atoms with Crippen molar-refractivity contribution in [3.8, 4) is 0 Å². The lowest BCUT2D eigenvalue weighted by molar-refractivity contribution is -0.128. The predicted octanol–water partition coefficient (Wildman–Crippen LogP) is 3.30. The topological polar surface area (TPSA) is 41.1 Å². The molecule has 0 heterocycles. The van der Waals surface area contributed by atoms with Crippen molar-refractivity contribution in [1.29, 1.82) is 0 Å². The number of carbonyl (C=O) groups excluding carboxylic acids is 1. The number of likely N-dealkylation sites (N-methyl/N-ethyl adjacent to an activating group) is 1. The zero-order valence-electron chi connectivity index (χ0n) is 12.5. The van der Waals surface area contributed by atoms with E-state index in [1.165, 1.54) is 6.42 Å². The first kappa shape index (κ1) is 18.3. The van der Waals surface area contributed by atoms with Crippen LogP contribution in [0.5, 0.6) is 0 Å². The zero-order chi connectivity index (χ0) is 14.4. The number of hydrogen-bond acceptors (Lipinski definition) is 2. The first-order chi connectivity index (χ1) is 9.69. The smallest absolute Gasteiger partial charge is 0.230 e. The van der Waals surface area contributed by atoms with Gasteiger partial charge in [-0.25, -0.2) is 0 Å². The van der Waals surface area contributed by atoms with Crippen LogP contribution in [0.4, 0.5) is 0 Å². The number of amides is 1. The van der Waals surface area contributed by atoms with Gasteiger partial charge in [-0.3, -0.25) is 4.79 Å². The van der Waals surface area contributed by atoms with Crippen LogP contribution in [-0.2, 0) is 10.2 Å². The van der Waals surface area contributed by atoms with E-state index in [2.05, 4.69) is 10.6 Å². The molecule has 1 aromatic rings. The SMILES string of the molecule is CNCCNC(=O)C1(c2cccc(Cl)c2)CCCCC1.Cl. The van der Waals surface area contributed by atoms with Crippen LogP contribution in [0.25, 0.3) is 0 Å². The number of halogens is 2. The number of nitrogens with one attached hydrogen (secondary N) is 2. The highest BCUT2D eigenvalue weighted by atomic mass is 35.5. The van der Waals surface area contributed by atoms with Crippen LogP contribution in [-0.4, -0.2) is 26.0 Å². The second-order valence-corrected chi connectivity index (χ2v) is 5.95. The lowest BCUT2D eigenvalue weighted by atomic mass is 9.68. The van der Waals surface area contributed by atoms with E-state index < -0.39 is 5.41 Å². The molecule has 1 saturated carbocycles. The molecule has 1 amide bonds. The molecule has 5 heteroatoms. The van der Waals surface area contributed by atoms with Gasteiger partial charge in [0.25, 0.3) is 0 Å². The van der Waals surface area contributed by atoms with Gasteiger partial charge in [-0.2, -0.15) is 0 Å². The molecule has 0 atom stereocenters. The second kappa shape index (κ2) is 8.62. The molecule has 1 aromatic carbocycles. The predicted molar refractivity (Wildman–Crippen MR) is 90.4 cm³/mol. The van der Waals surface area contributed by atoms with E-state index >= 15 is 0 Å². The molecule has 0 aliphatic heterocycles. The molecule has 1 aliphatic carbocycles. The zero-order valence-corrected chi connectivity index (χ0v) is 14.0. The summed E-state index contributed by atoms with van der Waals surface area (Å²) in [5, 5.41) is 6.82. The lowest BCUT2D eigenvalue weighted by Crippen LogP contribution is -2.47. The normalized spacial score (nSPS) is 16.9. The van der Waals surface area contributed by atoms with Gasteiger partial charge in [0.2, 0.25) is 5.91 Å². The van der Waals surface area contributed by atoms with Crippen LogP contribution in [0.3, 0.4) is 0 Å². The van der Waals surface area contributed by atoms with Crippen molar-refractivity contribution in [2.75, 3.05) is 20.1 Å². The molecule has 1 fully saturated rings. The maximum absolute atomic E-state index is 12.7. The van der Waals surface area contributed by atoms with Crippen molar-refractivity contribution in [3.63, 3.8) is 0 Å². The summed E-state index contributed by atoms with van der Waals surface area (Å²) in [6, 6.07) is 7.79. The Hall–Kier alpha value is -0.770. The molecule has 3 nitrogen and oxygen atoms in total. The first-order valence-corrected chi connectivity index (χ1v) is 7.76.